The lowest BCUT2D eigenvalue weighted by Gasteiger charge is -2.37. The Kier molecular flexibility index (Phi) is 10.3. The van der Waals surface area contributed by atoms with E-state index in [1.54, 1.807) is 27.7 Å². The molecule has 0 bridgehead atoms. The standard InChI is InChI=1S/C38H50N4O8S/c1-36(2,3)50-35(46)39-31-15-9-7-5-6-8-14-28-21-38(28,34(45)41-51(47,48)30-18-19-30)40-33(44)37(4)22-29(23-42(37)32(31)43)49-24-25-16-17-26-12-10-11-13-27(26)20-25/h8,10-14,16-17,20,28-31H,5-7,9,15,18-19,21-24H2,1-4H3,(H,39,46)(H,40,44)(H,41,45)/b14-8-/t28-,29-,31+,37+,38-/m1/s1. The van der Waals surface area contributed by atoms with Gasteiger partial charge in [0.2, 0.25) is 21.8 Å². The lowest BCUT2D eigenvalue weighted by Crippen LogP contribution is -2.63. The lowest BCUT2D eigenvalue weighted by atomic mass is 9.94. The van der Waals surface area contributed by atoms with Crippen LogP contribution in [0, 0.1) is 5.92 Å². The minimum absolute atomic E-state index is 0.0709. The van der Waals surface area contributed by atoms with Gasteiger partial charge < -0.3 is 25.0 Å². The average Bonchev–Trinajstić information content (AvgIpc) is 3.99. The molecule has 2 heterocycles. The van der Waals surface area contributed by atoms with Gasteiger partial charge in [-0.3, -0.25) is 19.1 Å². The van der Waals surface area contributed by atoms with Crippen molar-refractivity contribution in [2.24, 2.45) is 5.92 Å². The fraction of sp³-hybridized carbons (Fsp3) is 0.579. The number of hydrogen-bond donors (Lipinski definition) is 3. The number of ether oxygens (including phenoxy) is 2. The van der Waals surface area contributed by atoms with Gasteiger partial charge in [-0.2, -0.15) is 0 Å². The number of carbonyl (C=O) groups excluding carboxylic acids is 4. The molecule has 5 atom stereocenters. The maximum Gasteiger partial charge on any atom is 0.408 e. The smallest absolute Gasteiger partial charge is 0.408 e. The number of amides is 4. The molecule has 0 radical (unpaired) electrons. The molecule has 0 aromatic heterocycles. The van der Waals surface area contributed by atoms with Crippen LogP contribution in [0.25, 0.3) is 10.8 Å². The first kappa shape index (κ1) is 36.8. The molecule has 2 aromatic carbocycles. The summed E-state index contributed by atoms with van der Waals surface area (Å²) in [5, 5.41) is 7.24. The van der Waals surface area contributed by atoms with Crippen molar-refractivity contribution >= 4 is 44.6 Å². The highest BCUT2D eigenvalue weighted by Crippen LogP contribution is 2.47. The third kappa shape index (κ3) is 8.41. The summed E-state index contributed by atoms with van der Waals surface area (Å²) in [6, 6.07) is 13.1. The summed E-state index contributed by atoms with van der Waals surface area (Å²) in [7, 11) is -3.87. The summed E-state index contributed by atoms with van der Waals surface area (Å²) in [5.41, 5.74) is -2.82. The molecule has 13 heteroatoms. The van der Waals surface area contributed by atoms with Gasteiger partial charge in [-0.25, -0.2) is 13.2 Å². The second-order valence-electron chi connectivity index (χ2n) is 15.7. The average molecular weight is 723 g/mol. The fourth-order valence-corrected chi connectivity index (χ4v) is 8.53. The van der Waals surface area contributed by atoms with Gasteiger partial charge in [0, 0.05) is 18.9 Å². The molecule has 2 aromatic rings. The Hall–Kier alpha value is -3.97. The van der Waals surface area contributed by atoms with Crippen LogP contribution in [-0.2, 0) is 40.5 Å². The number of nitrogens with zero attached hydrogens (tertiary/aromatic N) is 1. The van der Waals surface area contributed by atoms with Crippen LogP contribution in [0.4, 0.5) is 4.79 Å². The number of nitrogens with one attached hydrogen (secondary N) is 3. The predicted octanol–water partition coefficient (Wildman–Crippen LogP) is 4.61. The van der Waals surface area contributed by atoms with E-state index in [0.717, 1.165) is 29.2 Å². The monoisotopic (exact) mass is 722 g/mol. The van der Waals surface area contributed by atoms with Gasteiger partial charge in [0.25, 0.3) is 5.91 Å². The van der Waals surface area contributed by atoms with Crippen molar-refractivity contribution in [3.8, 4) is 0 Å². The predicted molar refractivity (Wildman–Crippen MR) is 192 cm³/mol. The third-order valence-electron chi connectivity index (χ3n) is 10.3. The van der Waals surface area contributed by atoms with Crippen LogP contribution in [0.2, 0.25) is 0 Å². The number of sulfonamides is 1. The van der Waals surface area contributed by atoms with E-state index in [2.05, 4.69) is 15.4 Å². The molecule has 0 unspecified atom stereocenters. The summed E-state index contributed by atoms with van der Waals surface area (Å²) >= 11 is 0. The van der Waals surface area contributed by atoms with Crippen molar-refractivity contribution in [3.05, 3.63) is 60.2 Å². The number of alkyl carbamates (subject to hydrolysis) is 1. The Morgan fingerprint density at radius 3 is 2.47 bits per heavy atom. The van der Waals surface area contributed by atoms with Gasteiger partial charge in [-0.1, -0.05) is 61.4 Å². The van der Waals surface area contributed by atoms with Gasteiger partial charge in [0.05, 0.1) is 18.0 Å². The summed E-state index contributed by atoms with van der Waals surface area (Å²) in [6.45, 7) is 7.18. The second-order valence-corrected chi connectivity index (χ2v) is 17.7. The second kappa shape index (κ2) is 14.2. The van der Waals surface area contributed by atoms with Crippen LogP contribution in [0.3, 0.4) is 0 Å². The fourth-order valence-electron chi connectivity index (χ4n) is 7.17. The van der Waals surface area contributed by atoms with Gasteiger partial charge in [0.15, 0.2) is 0 Å². The number of hydrogen-bond acceptors (Lipinski definition) is 8. The molecule has 12 nitrogen and oxygen atoms in total. The first-order valence-corrected chi connectivity index (χ1v) is 19.6. The van der Waals surface area contributed by atoms with E-state index in [1.165, 1.54) is 4.90 Å². The largest absolute Gasteiger partial charge is 0.444 e. The Morgan fingerprint density at radius 1 is 1.00 bits per heavy atom. The molecule has 4 amide bonds. The molecule has 2 saturated carbocycles. The molecule has 6 rings (SSSR count). The summed E-state index contributed by atoms with van der Waals surface area (Å²) in [5.74, 6) is -2.22. The summed E-state index contributed by atoms with van der Waals surface area (Å²) < 4.78 is 39.8. The van der Waals surface area contributed by atoms with Crippen LogP contribution in [0.15, 0.2) is 54.6 Å². The van der Waals surface area contributed by atoms with Gasteiger partial charge in [-0.05, 0) is 88.6 Å². The SMILES string of the molecule is CC(C)(C)OC(=O)N[C@H]1CCCCC/C=C\[C@@H]2C[C@@]2(C(=O)NS(=O)(=O)C2CC2)NC(=O)[C@]2(C)C[C@@H](OCc3ccc4ccccc4c3)CN2C1=O. The maximum atomic E-state index is 14.5. The normalized spacial score (nSPS) is 29.5. The van der Waals surface area contributed by atoms with Gasteiger partial charge in [0.1, 0.15) is 22.7 Å². The number of benzene rings is 2. The van der Waals surface area contributed by atoms with E-state index >= 15 is 0 Å². The van der Waals surface area contributed by atoms with Crippen molar-refractivity contribution < 1.29 is 37.1 Å². The lowest BCUT2D eigenvalue weighted by molar-refractivity contribution is -0.146. The molecule has 3 N–H and O–H groups in total. The number of rotatable bonds is 7. The molecule has 2 aliphatic heterocycles. The molecular formula is C38H50N4O8S. The zero-order valence-corrected chi connectivity index (χ0v) is 30.7. The zero-order chi connectivity index (χ0) is 36.6. The minimum Gasteiger partial charge on any atom is -0.444 e. The number of allylic oxidation sites excluding steroid dienone is 1. The Balaban J connectivity index is 1.29. The topological polar surface area (TPSA) is 160 Å². The molecular weight excluding hydrogens is 673 g/mol. The Bertz CT molecular complexity index is 1820. The van der Waals surface area contributed by atoms with Gasteiger partial charge in [-0.15, -0.1) is 0 Å². The molecule has 1 saturated heterocycles. The van der Waals surface area contributed by atoms with Crippen LogP contribution >= 0.6 is 0 Å². The third-order valence-corrected chi connectivity index (χ3v) is 12.2. The maximum absolute atomic E-state index is 14.5. The highest BCUT2D eigenvalue weighted by molar-refractivity contribution is 7.91. The van der Waals surface area contributed by atoms with E-state index in [0.29, 0.717) is 32.1 Å². The number of carbonyl (C=O) groups is 4. The van der Waals surface area contributed by atoms with Crippen molar-refractivity contribution in [1.82, 2.24) is 20.3 Å². The van der Waals surface area contributed by atoms with Crippen molar-refractivity contribution in [2.45, 2.75) is 126 Å². The molecule has 4 aliphatic rings. The van der Waals surface area contributed by atoms with Crippen molar-refractivity contribution in [3.63, 3.8) is 0 Å². The van der Waals surface area contributed by atoms with Gasteiger partial charge >= 0.3 is 6.09 Å². The Morgan fingerprint density at radius 2 is 1.75 bits per heavy atom. The molecule has 2 aliphatic carbocycles. The molecule has 276 valence electrons. The minimum atomic E-state index is -3.87. The summed E-state index contributed by atoms with van der Waals surface area (Å²) in [4.78, 5) is 57.2. The van der Waals surface area contributed by atoms with E-state index in [4.69, 9.17) is 9.47 Å². The first-order valence-electron chi connectivity index (χ1n) is 18.1. The van der Waals surface area contributed by atoms with Crippen LogP contribution in [-0.4, -0.2) is 77.8 Å². The van der Waals surface area contributed by atoms with E-state index < -0.39 is 73.8 Å². The highest BCUT2D eigenvalue weighted by Gasteiger charge is 2.63. The van der Waals surface area contributed by atoms with Crippen molar-refractivity contribution in [2.75, 3.05) is 6.54 Å². The Labute approximate surface area is 300 Å². The number of fused-ring (bicyclic) bond motifs is 3. The first-order chi connectivity index (χ1) is 24.1. The molecule has 3 fully saturated rings. The van der Waals surface area contributed by atoms with Crippen LogP contribution in [0.5, 0.6) is 0 Å². The highest BCUT2D eigenvalue weighted by atomic mass is 32.2. The molecule has 51 heavy (non-hydrogen) atoms. The summed E-state index contributed by atoms with van der Waals surface area (Å²) in [6.07, 6.45) is 7.17. The quantitative estimate of drug-likeness (QED) is 0.350. The van der Waals surface area contributed by atoms with E-state index in [9.17, 15) is 27.6 Å². The zero-order valence-electron chi connectivity index (χ0n) is 29.9. The van der Waals surface area contributed by atoms with E-state index in [-0.39, 0.29) is 26.0 Å². The van der Waals surface area contributed by atoms with Crippen LogP contribution in [0.1, 0.15) is 91.0 Å². The van der Waals surface area contributed by atoms with Crippen LogP contribution < -0.4 is 15.4 Å². The molecule has 0 spiro atoms. The van der Waals surface area contributed by atoms with E-state index in [1.807, 2.05) is 54.6 Å². The van der Waals surface area contributed by atoms with Crippen molar-refractivity contribution in [1.29, 1.82) is 0 Å².